The first kappa shape index (κ1) is 14.5. The first-order chi connectivity index (χ1) is 10.6. The second kappa shape index (κ2) is 5.25. The minimum atomic E-state index is -0.327. The Kier molecular flexibility index (Phi) is 3.47. The Hall–Kier alpha value is -1.04. The molecule has 0 radical (unpaired) electrons. The fraction of sp³-hybridized carbons (Fsp3) is 0.647. The van der Waals surface area contributed by atoms with E-state index in [1.165, 1.54) is 28.7 Å². The van der Waals surface area contributed by atoms with E-state index in [9.17, 15) is 0 Å². The predicted octanol–water partition coefficient (Wildman–Crippen LogP) is 2.87. The highest BCUT2D eigenvalue weighted by Crippen LogP contribution is 2.43. The van der Waals surface area contributed by atoms with Crippen molar-refractivity contribution in [3.63, 3.8) is 0 Å². The molecule has 2 aromatic heterocycles. The van der Waals surface area contributed by atoms with E-state index in [1.54, 1.807) is 6.33 Å². The lowest BCUT2D eigenvalue weighted by molar-refractivity contribution is 0.273. The fourth-order valence-electron chi connectivity index (χ4n) is 4.05. The number of rotatable bonds is 1. The molecule has 2 aliphatic carbocycles. The predicted molar refractivity (Wildman–Crippen MR) is 90.9 cm³/mol. The molecule has 118 valence electrons. The van der Waals surface area contributed by atoms with Crippen LogP contribution in [-0.4, -0.2) is 16.0 Å². The summed E-state index contributed by atoms with van der Waals surface area (Å²) in [6.45, 7) is 2.34. The molecule has 0 saturated heterocycles. The molecule has 4 rings (SSSR count). The highest BCUT2D eigenvalue weighted by atomic mass is 32.1. The molecule has 4 nitrogen and oxygen atoms in total. The third-order valence-corrected chi connectivity index (χ3v) is 6.68. The Balaban J connectivity index is 1.86. The molecule has 4 N–H and O–H groups in total. The number of thiophene rings is 1. The number of hydrogen-bond acceptors (Lipinski definition) is 5. The first-order valence-electron chi connectivity index (χ1n) is 8.37. The summed E-state index contributed by atoms with van der Waals surface area (Å²) >= 11 is 1.85. The van der Waals surface area contributed by atoms with E-state index in [2.05, 4.69) is 16.9 Å². The van der Waals surface area contributed by atoms with E-state index in [0.717, 1.165) is 48.5 Å². The van der Waals surface area contributed by atoms with Crippen LogP contribution in [0.5, 0.6) is 0 Å². The molecule has 22 heavy (non-hydrogen) atoms. The van der Waals surface area contributed by atoms with E-state index in [-0.39, 0.29) is 5.54 Å². The maximum Gasteiger partial charge on any atom is 0.127 e. The second-order valence-electron chi connectivity index (χ2n) is 7.25. The van der Waals surface area contributed by atoms with E-state index in [0.29, 0.717) is 6.04 Å². The monoisotopic (exact) mass is 316 g/mol. The van der Waals surface area contributed by atoms with Crippen LogP contribution in [0.1, 0.15) is 55.2 Å². The fourth-order valence-corrected chi connectivity index (χ4v) is 5.24. The topological polar surface area (TPSA) is 77.8 Å². The van der Waals surface area contributed by atoms with Crippen molar-refractivity contribution in [1.82, 2.24) is 9.97 Å². The maximum atomic E-state index is 6.79. The zero-order valence-electron chi connectivity index (χ0n) is 13.1. The third kappa shape index (κ3) is 2.27. The van der Waals surface area contributed by atoms with Crippen molar-refractivity contribution < 1.29 is 0 Å². The summed E-state index contributed by atoms with van der Waals surface area (Å²) in [5.41, 5.74) is 15.1. The Morgan fingerprint density at radius 1 is 1.23 bits per heavy atom. The Morgan fingerprint density at radius 2 is 2.00 bits per heavy atom. The van der Waals surface area contributed by atoms with Crippen molar-refractivity contribution in [2.45, 2.75) is 63.5 Å². The van der Waals surface area contributed by atoms with Crippen molar-refractivity contribution in [2.24, 2.45) is 17.4 Å². The van der Waals surface area contributed by atoms with Crippen molar-refractivity contribution >= 4 is 21.6 Å². The standard InChI is InChI=1S/C17H24N4S/c1-10-2-3-13-12(8-10)14-15(20-9-21-16(14)22-13)17(19)6-4-11(18)5-7-17/h9-11H,2-8,18-19H2,1H3/t10-,11?,17?/m1/s1. The summed E-state index contributed by atoms with van der Waals surface area (Å²) in [6.07, 6.45) is 9.15. The smallest absolute Gasteiger partial charge is 0.127 e. The lowest BCUT2D eigenvalue weighted by Crippen LogP contribution is -2.44. The molecular weight excluding hydrogens is 292 g/mol. The third-order valence-electron chi connectivity index (χ3n) is 5.48. The SMILES string of the molecule is C[C@@H]1CCc2sc3ncnc(C4(N)CCC(N)CC4)c3c2C1. The van der Waals surface area contributed by atoms with Crippen LogP contribution in [0.4, 0.5) is 0 Å². The molecule has 5 heteroatoms. The molecule has 2 heterocycles. The van der Waals surface area contributed by atoms with Gasteiger partial charge in [0.25, 0.3) is 0 Å². The first-order valence-corrected chi connectivity index (χ1v) is 9.18. The quantitative estimate of drug-likeness (QED) is 0.848. The van der Waals surface area contributed by atoms with Crippen molar-refractivity contribution in [2.75, 3.05) is 0 Å². The van der Waals surface area contributed by atoms with Crippen LogP contribution in [0.25, 0.3) is 10.2 Å². The summed E-state index contributed by atoms with van der Waals surface area (Å²) in [5.74, 6) is 0.742. The van der Waals surface area contributed by atoms with Crippen LogP contribution >= 0.6 is 11.3 Å². The summed E-state index contributed by atoms with van der Waals surface area (Å²) in [4.78, 5) is 11.8. The van der Waals surface area contributed by atoms with Gasteiger partial charge in [-0.05, 0) is 56.4 Å². The van der Waals surface area contributed by atoms with Gasteiger partial charge in [-0.1, -0.05) is 6.92 Å². The minimum absolute atomic E-state index is 0.297. The molecule has 0 spiro atoms. The van der Waals surface area contributed by atoms with Gasteiger partial charge in [0, 0.05) is 16.3 Å². The van der Waals surface area contributed by atoms with E-state index < -0.39 is 0 Å². The lowest BCUT2D eigenvalue weighted by Gasteiger charge is -2.36. The molecule has 1 fully saturated rings. The molecular formula is C17H24N4S. The largest absolute Gasteiger partial charge is 0.328 e. The Bertz CT molecular complexity index is 700. The summed E-state index contributed by atoms with van der Waals surface area (Å²) in [6, 6.07) is 0.297. The van der Waals surface area contributed by atoms with Crippen LogP contribution in [0.3, 0.4) is 0 Å². The Morgan fingerprint density at radius 3 is 2.77 bits per heavy atom. The molecule has 1 atom stereocenters. The maximum absolute atomic E-state index is 6.79. The van der Waals surface area contributed by atoms with Crippen LogP contribution in [0.2, 0.25) is 0 Å². The van der Waals surface area contributed by atoms with Crippen LogP contribution < -0.4 is 11.5 Å². The number of hydrogen-bond donors (Lipinski definition) is 2. The van der Waals surface area contributed by atoms with Gasteiger partial charge in [-0.15, -0.1) is 11.3 Å². The number of nitrogens with two attached hydrogens (primary N) is 2. The van der Waals surface area contributed by atoms with Crippen LogP contribution in [-0.2, 0) is 18.4 Å². The van der Waals surface area contributed by atoms with Gasteiger partial charge < -0.3 is 11.5 Å². The van der Waals surface area contributed by atoms with Gasteiger partial charge in [0.1, 0.15) is 11.2 Å². The Labute approximate surface area is 135 Å². The van der Waals surface area contributed by atoms with Gasteiger partial charge in [0.15, 0.2) is 0 Å². The molecule has 2 aromatic rings. The van der Waals surface area contributed by atoms with Crippen molar-refractivity contribution in [3.8, 4) is 0 Å². The van der Waals surface area contributed by atoms with Gasteiger partial charge in [-0.2, -0.15) is 0 Å². The number of aryl methyl sites for hydroxylation is 1. The normalized spacial score (nSPS) is 32.1. The average molecular weight is 316 g/mol. The minimum Gasteiger partial charge on any atom is -0.328 e. The van der Waals surface area contributed by atoms with Gasteiger partial charge in [-0.25, -0.2) is 9.97 Å². The zero-order chi connectivity index (χ0) is 15.3. The van der Waals surface area contributed by atoms with Crippen LogP contribution in [0.15, 0.2) is 6.33 Å². The molecule has 0 aromatic carbocycles. The molecule has 1 saturated carbocycles. The van der Waals surface area contributed by atoms with E-state index in [4.69, 9.17) is 11.5 Å². The van der Waals surface area contributed by atoms with E-state index in [1.807, 2.05) is 11.3 Å². The number of nitrogens with zero attached hydrogens (tertiary/aromatic N) is 2. The lowest BCUT2D eigenvalue weighted by atomic mass is 9.76. The number of aromatic nitrogens is 2. The van der Waals surface area contributed by atoms with Crippen molar-refractivity contribution in [3.05, 3.63) is 22.5 Å². The van der Waals surface area contributed by atoms with Crippen molar-refractivity contribution in [1.29, 1.82) is 0 Å². The summed E-state index contributed by atoms with van der Waals surface area (Å²) in [7, 11) is 0. The summed E-state index contributed by atoms with van der Waals surface area (Å²) < 4.78 is 0. The average Bonchev–Trinajstić information content (AvgIpc) is 2.88. The van der Waals surface area contributed by atoms with Gasteiger partial charge >= 0.3 is 0 Å². The van der Waals surface area contributed by atoms with Gasteiger partial charge in [0.2, 0.25) is 0 Å². The van der Waals surface area contributed by atoms with E-state index >= 15 is 0 Å². The van der Waals surface area contributed by atoms with Gasteiger partial charge in [0.05, 0.1) is 11.2 Å². The molecule has 0 bridgehead atoms. The highest BCUT2D eigenvalue weighted by Gasteiger charge is 2.36. The van der Waals surface area contributed by atoms with Crippen LogP contribution in [0, 0.1) is 5.92 Å². The highest BCUT2D eigenvalue weighted by molar-refractivity contribution is 7.18. The summed E-state index contributed by atoms with van der Waals surface area (Å²) in [5, 5.41) is 1.27. The number of fused-ring (bicyclic) bond motifs is 3. The molecule has 0 amide bonds. The van der Waals surface area contributed by atoms with Gasteiger partial charge in [-0.3, -0.25) is 0 Å². The second-order valence-corrected chi connectivity index (χ2v) is 8.33. The molecule has 0 aliphatic heterocycles. The zero-order valence-corrected chi connectivity index (χ0v) is 14.0. The molecule has 0 unspecified atom stereocenters. The molecule has 2 aliphatic rings.